The quantitative estimate of drug-likeness (QED) is 0.769. The summed E-state index contributed by atoms with van der Waals surface area (Å²) in [5.74, 6) is -0.340. The van der Waals surface area contributed by atoms with E-state index in [-0.39, 0.29) is 11.4 Å². The van der Waals surface area contributed by atoms with E-state index in [4.69, 9.17) is 0 Å². The fourth-order valence-electron chi connectivity index (χ4n) is 0.818. The molecule has 0 aromatic carbocycles. The lowest BCUT2D eigenvalue weighted by molar-refractivity contribution is -0.137. The minimum absolute atomic E-state index is 0.106. The van der Waals surface area contributed by atoms with Gasteiger partial charge in [0.05, 0.1) is 17.0 Å². The number of rotatable bonds is 2. The first-order chi connectivity index (χ1) is 6.39. The Labute approximate surface area is 79.5 Å². The van der Waals surface area contributed by atoms with Crippen molar-refractivity contribution in [1.29, 1.82) is 0 Å². The molecular formula is C7H6F3NO2S. The van der Waals surface area contributed by atoms with Crippen LogP contribution >= 0.6 is 0 Å². The van der Waals surface area contributed by atoms with E-state index in [1.807, 2.05) is 0 Å². The summed E-state index contributed by atoms with van der Waals surface area (Å²) in [4.78, 5) is 3.38. The van der Waals surface area contributed by atoms with Crippen molar-refractivity contribution >= 4 is 10.7 Å². The second-order valence-corrected chi connectivity index (χ2v) is 3.51. The van der Waals surface area contributed by atoms with Gasteiger partial charge < -0.3 is 0 Å². The summed E-state index contributed by atoms with van der Waals surface area (Å²) < 4.78 is 56.5. The molecule has 14 heavy (non-hydrogen) atoms. The SMILES string of the molecule is O=[SH](=O)Cc1ccc(C(F)(F)F)cn1. The van der Waals surface area contributed by atoms with Gasteiger partial charge in [-0.2, -0.15) is 13.2 Å². The molecule has 0 fully saturated rings. The molecule has 0 saturated heterocycles. The third-order valence-electron chi connectivity index (χ3n) is 1.44. The smallest absolute Gasteiger partial charge is 0.260 e. The minimum atomic E-state index is -4.44. The van der Waals surface area contributed by atoms with Crippen molar-refractivity contribution in [2.45, 2.75) is 11.9 Å². The van der Waals surface area contributed by atoms with E-state index < -0.39 is 22.4 Å². The summed E-state index contributed by atoms with van der Waals surface area (Å²) in [6.45, 7) is 0. The Hall–Kier alpha value is -1.11. The van der Waals surface area contributed by atoms with Gasteiger partial charge in [-0.25, -0.2) is 8.42 Å². The number of thiol groups is 1. The standard InChI is InChI=1S/C7H6F3NO2S/c8-7(9,10)5-1-2-6(11-3-5)4-14(12)13/h1-3,14H,4H2. The zero-order chi connectivity index (χ0) is 10.8. The third-order valence-corrected chi connectivity index (χ3v) is 2.03. The summed E-state index contributed by atoms with van der Waals surface area (Å²) in [7, 11) is -2.66. The molecule has 3 nitrogen and oxygen atoms in total. The first kappa shape index (κ1) is 11.0. The van der Waals surface area contributed by atoms with E-state index in [0.717, 1.165) is 12.1 Å². The Morgan fingerprint density at radius 2 is 1.93 bits per heavy atom. The van der Waals surface area contributed by atoms with E-state index in [1.54, 1.807) is 0 Å². The molecule has 78 valence electrons. The molecule has 0 spiro atoms. The number of halogens is 3. The molecule has 0 aliphatic carbocycles. The van der Waals surface area contributed by atoms with Gasteiger partial charge in [-0.1, -0.05) is 0 Å². The lowest BCUT2D eigenvalue weighted by Crippen LogP contribution is -2.06. The Kier molecular flexibility index (Phi) is 3.10. The van der Waals surface area contributed by atoms with Gasteiger partial charge in [0.1, 0.15) is 10.7 Å². The first-order valence-corrected chi connectivity index (χ1v) is 4.90. The van der Waals surface area contributed by atoms with Crippen molar-refractivity contribution in [1.82, 2.24) is 4.98 Å². The molecule has 0 aliphatic rings. The zero-order valence-electron chi connectivity index (χ0n) is 6.78. The van der Waals surface area contributed by atoms with Crippen molar-refractivity contribution in [3.63, 3.8) is 0 Å². The highest BCUT2D eigenvalue weighted by molar-refractivity contribution is 7.71. The number of aromatic nitrogens is 1. The molecule has 0 N–H and O–H groups in total. The van der Waals surface area contributed by atoms with Crippen molar-refractivity contribution in [3.8, 4) is 0 Å². The summed E-state index contributed by atoms with van der Waals surface area (Å²) in [6, 6.07) is 1.86. The highest BCUT2D eigenvalue weighted by Crippen LogP contribution is 2.28. The lowest BCUT2D eigenvalue weighted by Gasteiger charge is -2.05. The number of alkyl halides is 3. The summed E-state index contributed by atoms with van der Waals surface area (Å²) in [6.07, 6.45) is -3.82. The van der Waals surface area contributed by atoms with Crippen LogP contribution in [0.3, 0.4) is 0 Å². The molecule has 1 aromatic heterocycles. The summed E-state index contributed by atoms with van der Waals surface area (Å²) in [5.41, 5.74) is -0.781. The molecule has 0 amide bonds. The molecule has 0 bridgehead atoms. The topological polar surface area (TPSA) is 47.0 Å². The summed E-state index contributed by atoms with van der Waals surface area (Å²) >= 11 is 0. The van der Waals surface area contributed by atoms with Gasteiger partial charge in [-0.3, -0.25) is 4.98 Å². The fraction of sp³-hybridized carbons (Fsp3) is 0.286. The predicted octanol–water partition coefficient (Wildman–Crippen LogP) is 1.21. The van der Waals surface area contributed by atoms with Crippen molar-refractivity contribution in [2.75, 3.05) is 0 Å². The second-order valence-electron chi connectivity index (χ2n) is 2.53. The molecular weight excluding hydrogens is 219 g/mol. The van der Waals surface area contributed by atoms with Crippen LogP contribution in [0.5, 0.6) is 0 Å². The van der Waals surface area contributed by atoms with Crippen molar-refractivity contribution in [2.24, 2.45) is 0 Å². The van der Waals surface area contributed by atoms with E-state index in [9.17, 15) is 21.6 Å². The van der Waals surface area contributed by atoms with Crippen LogP contribution in [0.2, 0.25) is 0 Å². The third kappa shape index (κ3) is 2.99. The molecule has 1 heterocycles. The largest absolute Gasteiger partial charge is 0.417 e. The first-order valence-electron chi connectivity index (χ1n) is 3.53. The Morgan fingerprint density at radius 3 is 2.29 bits per heavy atom. The van der Waals surface area contributed by atoms with Crippen LogP contribution in [-0.2, 0) is 22.6 Å². The molecule has 0 saturated carbocycles. The van der Waals surface area contributed by atoms with Crippen LogP contribution in [0, 0.1) is 0 Å². The number of hydrogen-bond acceptors (Lipinski definition) is 3. The van der Waals surface area contributed by atoms with E-state index in [2.05, 4.69) is 4.98 Å². The van der Waals surface area contributed by atoms with Crippen LogP contribution in [-0.4, -0.2) is 13.4 Å². The van der Waals surface area contributed by atoms with E-state index in [0.29, 0.717) is 6.20 Å². The fourth-order valence-corrected chi connectivity index (χ4v) is 1.27. The van der Waals surface area contributed by atoms with Crippen LogP contribution in [0.25, 0.3) is 0 Å². The highest BCUT2D eigenvalue weighted by atomic mass is 32.2. The molecule has 1 aromatic rings. The van der Waals surface area contributed by atoms with Crippen molar-refractivity contribution in [3.05, 3.63) is 29.6 Å². The monoisotopic (exact) mass is 225 g/mol. The lowest BCUT2D eigenvalue weighted by atomic mass is 10.2. The normalized spacial score (nSPS) is 12.0. The second kappa shape index (κ2) is 3.95. The average Bonchev–Trinajstić information content (AvgIpc) is 2.02. The van der Waals surface area contributed by atoms with Gasteiger partial charge in [0.15, 0.2) is 0 Å². The maximum Gasteiger partial charge on any atom is 0.417 e. The molecule has 0 unspecified atom stereocenters. The van der Waals surface area contributed by atoms with E-state index >= 15 is 0 Å². The molecule has 0 aliphatic heterocycles. The Balaban J connectivity index is 2.89. The number of nitrogens with zero attached hydrogens (tertiary/aromatic N) is 1. The van der Waals surface area contributed by atoms with Crippen LogP contribution in [0.4, 0.5) is 13.2 Å². The molecule has 0 atom stereocenters. The van der Waals surface area contributed by atoms with Gasteiger partial charge >= 0.3 is 6.18 Å². The molecule has 7 heteroatoms. The Bertz CT molecular complexity index is 375. The Morgan fingerprint density at radius 1 is 1.29 bits per heavy atom. The highest BCUT2D eigenvalue weighted by Gasteiger charge is 2.30. The van der Waals surface area contributed by atoms with Gasteiger partial charge in [0.25, 0.3) is 0 Å². The van der Waals surface area contributed by atoms with Crippen LogP contribution in [0.1, 0.15) is 11.3 Å². The molecule has 1 rings (SSSR count). The minimum Gasteiger partial charge on any atom is -0.260 e. The maximum atomic E-state index is 12.0. The molecule has 0 radical (unpaired) electrons. The zero-order valence-corrected chi connectivity index (χ0v) is 7.68. The number of hydrogen-bond donors (Lipinski definition) is 1. The maximum absolute atomic E-state index is 12.0. The van der Waals surface area contributed by atoms with E-state index in [1.165, 1.54) is 0 Å². The average molecular weight is 225 g/mol. The van der Waals surface area contributed by atoms with Gasteiger partial charge in [0.2, 0.25) is 0 Å². The van der Waals surface area contributed by atoms with Gasteiger partial charge in [-0.05, 0) is 12.1 Å². The summed E-state index contributed by atoms with van der Waals surface area (Å²) in [5, 5.41) is 0. The van der Waals surface area contributed by atoms with Crippen LogP contribution < -0.4 is 0 Å². The van der Waals surface area contributed by atoms with Crippen molar-refractivity contribution < 1.29 is 21.6 Å². The van der Waals surface area contributed by atoms with Gasteiger partial charge in [0, 0.05) is 6.20 Å². The number of pyridine rings is 1. The van der Waals surface area contributed by atoms with Crippen LogP contribution in [0.15, 0.2) is 18.3 Å². The predicted molar refractivity (Wildman–Crippen MR) is 43.3 cm³/mol. The van der Waals surface area contributed by atoms with Gasteiger partial charge in [-0.15, -0.1) is 0 Å².